The predicted octanol–water partition coefficient (Wildman–Crippen LogP) is 3.05. The zero-order valence-corrected chi connectivity index (χ0v) is 9.20. The van der Waals surface area contributed by atoms with Crippen molar-refractivity contribution in [2.45, 2.75) is 25.8 Å². The van der Waals surface area contributed by atoms with Crippen LogP contribution in [0.15, 0.2) is 18.2 Å². The van der Waals surface area contributed by atoms with Crippen LogP contribution in [0.4, 0.5) is 5.69 Å². The summed E-state index contributed by atoms with van der Waals surface area (Å²) < 4.78 is 0. The van der Waals surface area contributed by atoms with E-state index in [0.29, 0.717) is 0 Å². The van der Waals surface area contributed by atoms with E-state index in [0.717, 1.165) is 18.4 Å². The van der Waals surface area contributed by atoms with Crippen molar-refractivity contribution in [2.24, 2.45) is 5.73 Å². The van der Waals surface area contributed by atoms with Gasteiger partial charge in [0.25, 0.3) is 5.69 Å². The van der Waals surface area contributed by atoms with E-state index in [4.69, 9.17) is 17.3 Å². The summed E-state index contributed by atoms with van der Waals surface area (Å²) in [6.45, 7) is 2.02. The SMILES string of the molecule is CCC[C@@H](N)c1ccc(Cl)c([N+](=O)[O-])c1. The average molecular weight is 229 g/mol. The molecule has 2 N–H and O–H groups in total. The van der Waals surface area contributed by atoms with Crippen molar-refractivity contribution in [1.29, 1.82) is 0 Å². The topological polar surface area (TPSA) is 69.2 Å². The van der Waals surface area contributed by atoms with Gasteiger partial charge in [0.15, 0.2) is 0 Å². The molecule has 0 aliphatic heterocycles. The van der Waals surface area contributed by atoms with Crippen LogP contribution in [0.5, 0.6) is 0 Å². The van der Waals surface area contributed by atoms with Gasteiger partial charge in [0.05, 0.1) is 4.92 Å². The molecule has 0 aromatic heterocycles. The number of hydrogen-bond donors (Lipinski definition) is 1. The lowest BCUT2D eigenvalue weighted by atomic mass is 10.0. The Balaban J connectivity index is 3.02. The third kappa shape index (κ3) is 2.91. The lowest BCUT2D eigenvalue weighted by molar-refractivity contribution is -0.384. The second-order valence-electron chi connectivity index (χ2n) is 3.36. The van der Waals surface area contributed by atoms with Gasteiger partial charge >= 0.3 is 0 Å². The van der Waals surface area contributed by atoms with E-state index >= 15 is 0 Å². The minimum absolute atomic E-state index is 0.0827. The molecule has 0 aliphatic carbocycles. The first-order valence-electron chi connectivity index (χ1n) is 4.75. The molecule has 0 fully saturated rings. The Hall–Kier alpha value is -1.13. The second kappa shape index (κ2) is 5.09. The zero-order valence-electron chi connectivity index (χ0n) is 8.44. The van der Waals surface area contributed by atoms with Crippen LogP contribution in [-0.4, -0.2) is 4.92 Å². The fourth-order valence-corrected chi connectivity index (χ4v) is 1.56. The van der Waals surface area contributed by atoms with Crippen molar-refractivity contribution in [3.8, 4) is 0 Å². The molecule has 15 heavy (non-hydrogen) atoms. The number of nitrogens with two attached hydrogens (primary N) is 1. The number of halogens is 1. The van der Waals surface area contributed by atoms with Crippen molar-refractivity contribution in [2.75, 3.05) is 0 Å². The van der Waals surface area contributed by atoms with E-state index < -0.39 is 4.92 Å². The summed E-state index contributed by atoms with van der Waals surface area (Å²) in [7, 11) is 0. The van der Waals surface area contributed by atoms with E-state index in [1.54, 1.807) is 6.07 Å². The number of nitro groups is 1. The van der Waals surface area contributed by atoms with E-state index in [1.165, 1.54) is 12.1 Å². The molecule has 0 heterocycles. The monoisotopic (exact) mass is 228 g/mol. The Morgan fingerprint density at radius 3 is 2.80 bits per heavy atom. The highest BCUT2D eigenvalue weighted by atomic mass is 35.5. The first-order chi connectivity index (χ1) is 7.06. The van der Waals surface area contributed by atoms with Crippen LogP contribution < -0.4 is 5.73 Å². The summed E-state index contributed by atoms with van der Waals surface area (Å²) in [5.74, 6) is 0. The molecule has 5 heteroatoms. The molecule has 1 atom stereocenters. The molecule has 0 saturated heterocycles. The smallest absolute Gasteiger partial charge is 0.288 e. The van der Waals surface area contributed by atoms with Crippen LogP contribution in [0.1, 0.15) is 31.4 Å². The molecule has 0 aliphatic rings. The summed E-state index contributed by atoms with van der Waals surface area (Å²) in [5, 5.41) is 10.8. The maximum Gasteiger partial charge on any atom is 0.288 e. The molecule has 0 radical (unpaired) electrons. The molecule has 1 aromatic carbocycles. The highest BCUT2D eigenvalue weighted by Crippen LogP contribution is 2.28. The summed E-state index contributed by atoms with van der Waals surface area (Å²) in [4.78, 5) is 10.1. The predicted molar refractivity (Wildman–Crippen MR) is 59.9 cm³/mol. The Morgan fingerprint density at radius 1 is 1.60 bits per heavy atom. The van der Waals surface area contributed by atoms with E-state index in [1.807, 2.05) is 6.92 Å². The highest BCUT2D eigenvalue weighted by molar-refractivity contribution is 6.32. The third-order valence-corrected chi connectivity index (χ3v) is 2.51. The van der Waals surface area contributed by atoms with Crippen molar-refractivity contribution >= 4 is 17.3 Å². The Labute approximate surface area is 93.2 Å². The number of hydrogen-bond acceptors (Lipinski definition) is 3. The minimum atomic E-state index is -0.496. The first-order valence-corrected chi connectivity index (χ1v) is 5.13. The van der Waals surface area contributed by atoms with E-state index in [2.05, 4.69) is 0 Å². The number of nitro benzene ring substituents is 1. The summed E-state index contributed by atoms with van der Waals surface area (Å²) in [6, 6.07) is 4.54. The van der Waals surface area contributed by atoms with Gasteiger partial charge in [-0.1, -0.05) is 31.0 Å². The maximum absolute atomic E-state index is 10.6. The number of rotatable bonds is 4. The number of benzene rings is 1. The summed E-state index contributed by atoms with van der Waals surface area (Å²) in [5.41, 5.74) is 6.53. The van der Waals surface area contributed by atoms with Crippen LogP contribution in [-0.2, 0) is 0 Å². The summed E-state index contributed by atoms with van der Waals surface area (Å²) >= 11 is 5.69. The molecule has 1 aromatic rings. The molecule has 0 saturated carbocycles. The molecule has 82 valence electrons. The fourth-order valence-electron chi connectivity index (χ4n) is 1.38. The highest BCUT2D eigenvalue weighted by Gasteiger charge is 2.15. The quantitative estimate of drug-likeness (QED) is 0.636. The zero-order chi connectivity index (χ0) is 11.4. The van der Waals surface area contributed by atoms with Gasteiger partial charge in [0.1, 0.15) is 5.02 Å². The Morgan fingerprint density at radius 2 is 2.27 bits per heavy atom. The van der Waals surface area contributed by atoms with Crippen LogP contribution >= 0.6 is 11.6 Å². The second-order valence-corrected chi connectivity index (χ2v) is 3.77. The van der Waals surface area contributed by atoms with Crippen molar-refractivity contribution < 1.29 is 4.92 Å². The molecule has 0 amide bonds. The summed E-state index contributed by atoms with van der Waals surface area (Å²) in [6.07, 6.45) is 1.75. The maximum atomic E-state index is 10.6. The van der Waals surface area contributed by atoms with Crippen LogP contribution in [0.25, 0.3) is 0 Å². The van der Waals surface area contributed by atoms with Crippen LogP contribution in [0.3, 0.4) is 0 Å². The fraction of sp³-hybridized carbons (Fsp3) is 0.400. The standard InChI is InChI=1S/C10H13ClN2O2/c1-2-3-9(12)7-4-5-8(11)10(6-7)13(14)15/h4-6,9H,2-3,12H2,1H3/t9-/m1/s1. The van der Waals surface area contributed by atoms with Gasteiger partial charge in [0.2, 0.25) is 0 Å². The number of nitrogens with zero attached hydrogens (tertiary/aromatic N) is 1. The molecule has 0 spiro atoms. The van der Waals surface area contributed by atoms with E-state index in [-0.39, 0.29) is 16.8 Å². The van der Waals surface area contributed by atoms with Crippen LogP contribution in [0, 0.1) is 10.1 Å². The largest absolute Gasteiger partial charge is 0.324 e. The average Bonchev–Trinajstić information content (AvgIpc) is 2.18. The van der Waals surface area contributed by atoms with Gasteiger partial charge < -0.3 is 5.73 Å². The molecule has 4 nitrogen and oxygen atoms in total. The van der Waals surface area contributed by atoms with Crippen molar-refractivity contribution in [3.05, 3.63) is 38.9 Å². The lowest BCUT2D eigenvalue weighted by Crippen LogP contribution is -2.09. The Bertz CT molecular complexity index is 368. The molecular formula is C10H13ClN2O2. The van der Waals surface area contributed by atoms with Gasteiger partial charge in [-0.25, -0.2) is 0 Å². The van der Waals surface area contributed by atoms with E-state index in [9.17, 15) is 10.1 Å². The third-order valence-electron chi connectivity index (χ3n) is 2.19. The van der Waals surface area contributed by atoms with Gasteiger partial charge in [0, 0.05) is 12.1 Å². The first kappa shape index (κ1) is 11.9. The van der Waals surface area contributed by atoms with Gasteiger partial charge in [-0.3, -0.25) is 10.1 Å². The van der Waals surface area contributed by atoms with Gasteiger partial charge in [-0.05, 0) is 18.1 Å². The Kier molecular flexibility index (Phi) is 4.05. The molecular weight excluding hydrogens is 216 g/mol. The normalized spacial score (nSPS) is 12.5. The van der Waals surface area contributed by atoms with Crippen molar-refractivity contribution in [3.63, 3.8) is 0 Å². The van der Waals surface area contributed by atoms with Gasteiger partial charge in [-0.15, -0.1) is 0 Å². The van der Waals surface area contributed by atoms with Crippen LogP contribution in [0.2, 0.25) is 5.02 Å². The lowest BCUT2D eigenvalue weighted by Gasteiger charge is -2.10. The van der Waals surface area contributed by atoms with Crippen molar-refractivity contribution in [1.82, 2.24) is 0 Å². The van der Waals surface area contributed by atoms with Gasteiger partial charge in [-0.2, -0.15) is 0 Å². The minimum Gasteiger partial charge on any atom is -0.324 e. The molecule has 0 bridgehead atoms. The molecule has 0 unspecified atom stereocenters. The molecule has 1 rings (SSSR count).